The highest BCUT2D eigenvalue weighted by Crippen LogP contribution is 2.25. The molecule has 1 amide bonds. The zero-order valence-electron chi connectivity index (χ0n) is 16.0. The summed E-state index contributed by atoms with van der Waals surface area (Å²) in [5.41, 5.74) is 1.49. The van der Waals surface area contributed by atoms with Crippen LogP contribution in [0.5, 0.6) is 0 Å². The summed E-state index contributed by atoms with van der Waals surface area (Å²) in [7, 11) is 0. The van der Waals surface area contributed by atoms with Crippen LogP contribution >= 0.6 is 0 Å². The maximum Gasteiger partial charge on any atom is 0.276 e. The second-order valence-corrected chi connectivity index (χ2v) is 8.18. The van der Waals surface area contributed by atoms with Crippen LogP contribution in [0.4, 0.5) is 0 Å². The van der Waals surface area contributed by atoms with Gasteiger partial charge in [-0.1, -0.05) is 25.5 Å². The van der Waals surface area contributed by atoms with Crippen LogP contribution in [0.15, 0.2) is 0 Å². The first kappa shape index (κ1) is 18.4. The molecule has 0 bridgehead atoms. The molecule has 6 heteroatoms. The first-order valence-corrected chi connectivity index (χ1v) is 9.98. The summed E-state index contributed by atoms with van der Waals surface area (Å²) in [6, 6.07) is 0.371. The monoisotopic (exact) mass is 347 g/mol. The molecule has 140 valence electrons. The molecule has 0 radical (unpaired) electrons. The zero-order valence-corrected chi connectivity index (χ0v) is 16.0. The lowest BCUT2D eigenvalue weighted by Crippen LogP contribution is -2.40. The molecule has 1 unspecified atom stereocenters. The van der Waals surface area contributed by atoms with E-state index in [1.165, 1.54) is 19.3 Å². The number of amides is 1. The third kappa shape index (κ3) is 4.40. The van der Waals surface area contributed by atoms with Gasteiger partial charge in [0, 0.05) is 13.1 Å². The van der Waals surface area contributed by atoms with Crippen molar-refractivity contribution in [2.45, 2.75) is 65.3 Å². The van der Waals surface area contributed by atoms with Gasteiger partial charge in [0.25, 0.3) is 5.91 Å². The van der Waals surface area contributed by atoms with Gasteiger partial charge in [-0.05, 0) is 64.0 Å². The van der Waals surface area contributed by atoms with Crippen LogP contribution in [0.2, 0.25) is 0 Å². The Bertz CT molecular complexity index is 576. The van der Waals surface area contributed by atoms with Gasteiger partial charge in [0.2, 0.25) is 0 Å². The topological polar surface area (TPSA) is 63.1 Å². The van der Waals surface area contributed by atoms with E-state index in [-0.39, 0.29) is 5.91 Å². The number of likely N-dealkylation sites (tertiary alicyclic amines) is 1. The Kier molecular flexibility index (Phi) is 6.10. The Morgan fingerprint density at radius 1 is 1.28 bits per heavy atom. The molecular weight excluding hydrogens is 314 g/mol. The van der Waals surface area contributed by atoms with Crippen LogP contribution in [0.3, 0.4) is 0 Å². The Morgan fingerprint density at radius 3 is 2.76 bits per heavy atom. The molecule has 25 heavy (non-hydrogen) atoms. The van der Waals surface area contributed by atoms with E-state index in [0.717, 1.165) is 57.1 Å². The molecule has 1 aromatic heterocycles. The van der Waals surface area contributed by atoms with Crippen molar-refractivity contribution in [2.75, 3.05) is 26.2 Å². The van der Waals surface area contributed by atoms with Gasteiger partial charge in [-0.2, -0.15) is 0 Å². The summed E-state index contributed by atoms with van der Waals surface area (Å²) in [6.45, 7) is 10.3. The zero-order chi connectivity index (χ0) is 17.8. The summed E-state index contributed by atoms with van der Waals surface area (Å²) in [5.74, 6) is 1.45. The number of hydrogen-bond acceptors (Lipinski definition) is 4. The van der Waals surface area contributed by atoms with Crippen molar-refractivity contribution in [1.82, 2.24) is 25.2 Å². The van der Waals surface area contributed by atoms with Gasteiger partial charge in [0.15, 0.2) is 5.69 Å². The van der Waals surface area contributed by atoms with Crippen LogP contribution in [0.25, 0.3) is 0 Å². The molecule has 2 fully saturated rings. The number of aromatic nitrogens is 3. The molecule has 0 aliphatic carbocycles. The number of carbonyl (C=O) groups is 1. The Hall–Kier alpha value is -1.43. The smallest absolute Gasteiger partial charge is 0.276 e. The number of hydrogen-bond donors (Lipinski definition) is 1. The second-order valence-electron chi connectivity index (χ2n) is 8.18. The normalized spacial score (nSPS) is 22.6. The highest BCUT2D eigenvalue weighted by molar-refractivity contribution is 5.93. The number of nitrogens with zero attached hydrogens (tertiary/aromatic N) is 4. The summed E-state index contributed by atoms with van der Waals surface area (Å²) in [6.07, 6.45) is 6.94. The lowest BCUT2D eigenvalue weighted by Gasteiger charge is -2.32. The van der Waals surface area contributed by atoms with Crippen molar-refractivity contribution in [1.29, 1.82) is 0 Å². The Balaban J connectivity index is 1.65. The number of piperidine rings is 2. The van der Waals surface area contributed by atoms with E-state index in [9.17, 15) is 4.79 Å². The first-order valence-electron chi connectivity index (χ1n) is 9.98. The first-order chi connectivity index (χ1) is 12.1. The fourth-order valence-corrected chi connectivity index (χ4v) is 4.14. The molecule has 0 saturated carbocycles. The van der Waals surface area contributed by atoms with Crippen LogP contribution in [0.1, 0.15) is 74.6 Å². The molecule has 2 aliphatic rings. The fraction of sp³-hybridized carbons (Fsp3) is 0.842. The van der Waals surface area contributed by atoms with Gasteiger partial charge in [0.05, 0.1) is 11.7 Å². The van der Waals surface area contributed by atoms with E-state index in [0.29, 0.717) is 17.7 Å². The van der Waals surface area contributed by atoms with Crippen LogP contribution in [-0.4, -0.2) is 52.0 Å². The van der Waals surface area contributed by atoms with Gasteiger partial charge < -0.3 is 10.2 Å². The van der Waals surface area contributed by atoms with E-state index in [1.807, 2.05) is 16.5 Å². The third-order valence-electron chi connectivity index (χ3n) is 5.74. The summed E-state index contributed by atoms with van der Waals surface area (Å²) in [4.78, 5) is 15.0. The average Bonchev–Trinajstić information content (AvgIpc) is 3.02. The predicted octanol–water partition coefficient (Wildman–Crippen LogP) is 2.80. The standard InChI is InChI=1S/C19H33N5O/c1-14(2)6-7-16-5-4-12-23(13-16)19(25)18-15(3)24(22-21-18)17-8-10-20-11-9-17/h14,16-17,20H,4-13H2,1-3H3. The molecule has 2 aliphatic heterocycles. The highest BCUT2D eigenvalue weighted by atomic mass is 16.2. The molecule has 2 saturated heterocycles. The SMILES string of the molecule is Cc1c(C(=O)N2CCCC(CCC(C)C)C2)nnn1C1CCNCC1. The molecular formula is C19H33N5O. The fourth-order valence-electron chi connectivity index (χ4n) is 4.14. The average molecular weight is 348 g/mol. The van der Waals surface area contributed by atoms with Crippen molar-refractivity contribution in [3.05, 3.63) is 11.4 Å². The van der Waals surface area contributed by atoms with E-state index in [2.05, 4.69) is 29.5 Å². The van der Waals surface area contributed by atoms with Crippen molar-refractivity contribution in [3.8, 4) is 0 Å². The van der Waals surface area contributed by atoms with Gasteiger partial charge in [-0.3, -0.25) is 4.79 Å². The van der Waals surface area contributed by atoms with E-state index < -0.39 is 0 Å². The molecule has 1 aromatic rings. The van der Waals surface area contributed by atoms with Gasteiger partial charge in [-0.15, -0.1) is 5.10 Å². The lowest BCUT2D eigenvalue weighted by molar-refractivity contribution is 0.0658. The number of carbonyl (C=O) groups excluding carboxylic acids is 1. The van der Waals surface area contributed by atoms with Gasteiger partial charge in [-0.25, -0.2) is 4.68 Å². The lowest BCUT2D eigenvalue weighted by atomic mass is 9.90. The molecule has 3 rings (SSSR count). The van der Waals surface area contributed by atoms with Crippen LogP contribution in [-0.2, 0) is 0 Å². The van der Waals surface area contributed by atoms with E-state index in [1.54, 1.807) is 0 Å². The van der Waals surface area contributed by atoms with Crippen LogP contribution in [0, 0.1) is 18.8 Å². The maximum absolute atomic E-state index is 13.0. The summed E-state index contributed by atoms with van der Waals surface area (Å²) in [5, 5.41) is 12.0. The van der Waals surface area contributed by atoms with Gasteiger partial charge in [0.1, 0.15) is 0 Å². The minimum Gasteiger partial charge on any atom is -0.337 e. The molecule has 6 nitrogen and oxygen atoms in total. The Labute approximate surface area is 151 Å². The second kappa shape index (κ2) is 8.30. The molecule has 0 aromatic carbocycles. The summed E-state index contributed by atoms with van der Waals surface area (Å²) < 4.78 is 1.98. The number of nitrogens with one attached hydrogen (secondary N) is 1. The molecule has 3 heterocycles. The highest BCUT2D eigenvalue weighted by Gasteiger charge is 2.29. The van der Waals surface area contributed by atoms with Crippen molar-refractivity contribution in [3.63, 3.8) is 0 Å². The van der Waals surface area contributed by atoms with Gasteiger partial charge >= 0.3 is 0 Å². The molecule has 0 spiro atoms. The van der Waals surface area contributed by atoms with Crippen LogP contribution < -0.4 is 5.32 Å². The number of rotatable bonds is 5. The largest absolute Gasteiger partial charge is 0.337 e. The van der Waals surface area contributed by atoms with Crippen molar-refractivity contribution < 1.29 is 4.79 Å². The quantitative estimate of drug-likeness (QED) is 0.890. The predicted molar refractivity (Wildman–Crippen MR) is 98.6 cm³/mol. The minimum atomic E-state index is 0.0759. The maximum atomic E-state index is 13.0. The van der Waals surface area contributed by atoms with Crippen molar-refractivity contribution in [2.24, 2.45) is 11.8 Å². The van der Waals surface area contributed by atoms with E-state index >= 15 is 0 Å². The van der Waals surface area contributed by atoms with E-state index in [4.69, 9.17) is 0 Å². The third-order valence-corrected chi connectivity index (χ3v) is 5.74. The van der Waals surface area contributed by atoms with Crippen molar-refractivity contribution >= 4 is 5.91 Å². The Morgan fingerprint density at radius 2 is 2.04 bits per heavy atom. The summed E-state index contributed by atoms with van der Waals surface area (Å²) >= 11 is 0. The minimum absolute atomic E-state index is 0.0759. The molecule has 1 N–H and O–H groups in total. The molecule has 1 atom stereocenters.